The van der Waals surface area contributed by atoms with Crippen LogP contribution < -0.4 is 15.4 Å². The summed E-state index contributed by atoms with van der Waals surface area (Å²) < 4.78 is 5.60. The molecule has 6 nitrogen and oxygen atoms in total. The molecule has 1 aliphatic rings. The lowest BCUT2D eigenvalue weighted by atomic mass is 10.3. The van der Waals surface area contributed by atoms with Crippen molar-refractivity contribution >= 4 is 11.7 Å². The molecule has 0 radical (unpaired) electrons. The van der Waals surface area contributed by atoms with E-state index in [2.05, 4.69) is 22.5 Å². The topological polar surface area (TPSA) is 66.5 Å². The van der Waals surface area contributed by atoms with Crippen LogP contribution in [0, 0.1) is 0 Å². The second kappa shape index (κ2) is 7.69. The number of rotatable bonds is 6. The molecular weight excluding hydrogens is 256 g/mol. The zero-order chi connectivity index (χ0) is 14.2. The van der Waals surface area contributed by atoms with E-state index in [4.69, 9.17) is 4.74 Å². The fourth-order valence-electron chi connectivity index (χ4n) is 2.04. The van der Waals surface area contributed by atoms with Gasteiger partial charge in [0.05, 0.1) is 13.2 Å². The van der Waals surface area contributed by atoms with E-state index >= 15 is 0 Å². The number of amides is 1. The Balaban J connectivity index is 1.87. The SMILES string of the molecule is CCCOc1cccnc1NCC(=O)N1CCNCC1. The normalized spacial score (nSPS) is 14.9. The minimum atomic E-state index is 0.0959. The second-order valence-electron chi connectivity index (χ2n) is 4.68. The molecule has 6 heteroatoms. The maximum absolute atomic E-state index is 12.1. The average molecular weight is 278 g/mol. The molecule has 1 aromatic rings. The summed E-state index contributed by atoms with van der Waals surface area (Å²) in [5.41, 5.74) is 0. The van der Waals surface area contributed by atoms with Gasteiger partial charge in [-0.25, -0.2) is 4.98 Å². The van der Waals surface area contributed by atoms with E-state index in [-0.39, 0.29) is 12.5 Å². The largest absolute Gasteiger partial charge is 0.490 e. The molecular formula is C14H22N4O2. The molecule has 1 saturated heterocycles. The molecule has 0 saturated carbocycles. The highest BCUT2D eigenvalue weighted by Gasteiger charge is 2.16. The van der Waals surface area contributed by atoms with Crippen LogP contribution in [0.4, 0.5) is 5.82 Å². The van der Waals surface area contributed by atoms with Crippen LogP contribution in [0.2, 0.25) is 0 Å². The van der Waals surface area contributed by atoms with Crippen molar-refractivity contribution in [3.05, 3.63) is 18.3 Å². The first-order chi connectivity index (χ1) is 9.81. The van der Waals surface area contributed by atoms with E-state index < -0.39 is 0 Å². The number of ether oxygens (including phenoxy) is 1. The van der Waals surface area contributed by atoms with E-state index in [1.807, 2.05) is 17.0 Å². The Morgan fingerprint density at radius 3 is 3.05 bits per heavy atom. The quantitative estimate of drug-likeness (QED) is 0.802. The fraction of sp³-hybridized carbons (Fsp3) is 0.571. The number of aromatic nitrogens is 1. The predicted octanol–water partition coefficient (Wildman–Crippen LogP) is 0.714. The summed E-state index contributed by atoms with van der Waals surface area (Å²) in [6.45, 7) is 6.20. The molecule has 0 aliphatic carbocycles. The molecule has 110 valence electrons. The highest BCUT2D eigenvalue weighted by Crippen LogP contribution is 2.20. The van der Waals surface area contributed by atoms with Crippen LogP contribution in [0.15, 0.2) is 18.3 Å². The van der Waals surface area contributed by atoms with Gasteiger partial charge in [0.1, 0.15) is 0 Å². The lowest BCUT2D eigenvalue weighted by Crippen LogP contribution is -2.48. The number of nitrogens with one attached hydrogen (secondary N) is 2. The van der Waals surface area contributed by atoms with Gasteiger partial charge in [-0.1, -0.05) is 6.92 Å². The van der Waals surface area contributed by atoms with Gasteiger partial charge >= 0.3 is 0 Å². The van der Waals surface area contributed by atoms with Crippen molar-refractivity contribution < 1.29 is 9.53 Å². The van der Waals surface area contributed by atoms with Gasteiger partial charge in [0.15, 0.2) is 11.6 Å². The third kappa shape index (κ3) is 4.09. The van der Waals surface area contributed by atoms with Gasteiger partial charge in [0.25, 0.3) is 0 Å². The van der Waals surface area contributed by atoms with Crippen molar-refractivity contribution in [1.29, 1.82) is 0 Å². The van der Waals surface area contributed by atoms with Gasteiger partial charge in [-0.15, -0.1) is 0 Å². The van der Waals surface area contributed by atoms with Gasteiger partial charge in [0, 0.05) is 32.4 Å². The highest BCUT2D eigenvalue weighted by atomic mass is 16.5. The molecule has 1 aliphatic heterocycles. The van der Waals surface area contributed by atoms with E-state index in [0.29, 0.717) is 18.2 Å². The first-order valence-electron chi connectivity index (χ1n) is 7.11. The monoisotopic (exact) mass is 278 g/mol. The van der Waals surface area contributed by atoms with Gasteiger partial charge in [-0.05, 0) is 18.6 Å². The number of piperazine rings is 1. The summed E-state index contributed by atoms with van der Waals surface area (Å²) in [7, 11) is 0. The number of hydrogen-bond donors (Lipinski definition) is 2. The Hall–Kier alpha value is -1.82. The molecule has 2 N–H and O–H groups in total. The highest BCUT2D eigenvalue weighted by molar-refractivity contribution is 5.81. The van der Waals surface area contributed by atoms with Gasteiger partial charge in [-0.3, -0.25) is 4.79 Å². The van der Waals surface area contributed by atoms with Crippen molar-refractivity contribution in [2.45, 2.75) is 13.3 Å². The number of anilines is 1. The van der Waals surface area contributed by atoms with Crippen molar-refractivity contribution in [2.75, 3.05) is 44.6 Å². The molecule has 1 fully saturated rings. The van der Waals surface area contributed by atoms with Crippen LogP contribution in [0.25, 0.3) is 0 Å². The third-order valence-corrected chi connectivity index (χ3v) is 3.11. The van der Waals surface area contributed by atoms with Gasteiger partial charge in [0.2, 0.25) is 5.91 Å². The number of nitrogens with zero attached hydrogens (tertiary/aromatic N) is 2. The summed E-state index contributed by atoms with van der Waals surface area (Å²) in [6, 6.07) is 3.69. The summed E-state index contributed by atoms with van der Waals surface area (Å²) in [6.07, 6.45) is 2.63. The molecule has 0 unspecified atom stereocenters. The van der Waals surface area contributed by atoms with Crippen LogP contribution in [-0.2, 0) is 4.79 Å². The van der Waals surface area contributed by atoms with Crippen molar-refractivity contribution in [3.8, 4) is 5.75 Å². The molecule has 0 aromatic carbocycles. The molecule has 0 atom stereocenters. The molecule has 20 heavy (non-hydrogen) atoms. The minimum Gasteiger partial charge on any atom is -0.490 e. The number of carbonyl (C=O) groups is 1. The standard InChI is InChI=1S/C14H22N4O2/c1-2-10-20-12-4-3-5-16-14(12)17-11-13(19)18-8-6-15-7-9-18/h3-5,15H,2,6-11H2,1H3,(H,16,17). The minimum absolute atomic E-state index is 0.0959. The maximum atomic E-state index is 12.1. The second-order valence-corrected chi connectivity index (χ2v) is 4.68. The van der Waals surface area contributed by atoms with E-state index in [1.165, 1.54) is 0 Å². The smallest absolute Gasteiger partial charge is 0.242 e. The first-order valence-corrected chi connectivity index (χ1v) is 7.11. The fourth-order valence-corrected chi connectivity index (χ4v) is 2.04. The average Bonchev–Trinajstić information content (AvgIpc) is 2.52. The summed E-state index contributed by atoms with van der Waals surface area (Å²) in [4.78, 5) is 18.2. The number of carbonyl (C=O) groups excluding carboxylic acids is 1. The van der Waals surface area contributed by atoms with Gasteiger partial charge in [-0.2, -0.15) is 0 Å². The lowest BCUT2D eigenvalue weighted by Gasteiger charge is -2.27. The Morgan fingerprint density at radius 2 is 2.30 bits per heavy atom. The predicted molar refractivity (Wildman–Crippen MR) is 78.0 cm³/mol. The van der Waals surface area contributed by atoms with Gasteiger partial charge < -0.3 is 20.3 Å². The van der Waals surface area contributed by atoms with Crippen LogP contribution in [0.5, 0.6) is 5.75 Å². The Bertz CT molecular complexity index is 433. The molecule has 0 bridgehead atoms. The number of pyridine rings is 1. The molecule has 2 heterocycles. The molecule has 1 aromatic heterocycles. The Kier molecular flexibility index (Phi) is 5.61. The summed E-state index contributed by atoms with van der Waals surface area (Å²) in [5, 5.41) is 6.30. The lowest BCUT2D eigenvalue weighted by molar-refractivity contribution is -0.129. The molecule has 0 spiro atoms. The Labute approximate surface area is 119 Å². The van der Waals surface area contributed by atoms with Crippen LogP contribution in [0.3, 0.4) is 0 Å². The van der Waals surface area contributed by atoms with Crippen LogP contribution in [0.1, 0.15) is 13.3 Å². The van der Waals surface area contributed by atoms with E-state index in [9.17, 15) is 4.79 Å². The zero-order valence-corrected chi connectivity index (χ0v) is 11.9. The van der Waals surface area contributed by atoms with Crippen LogP contribution in [-0.4, -0.2) is 55.1 Å². The number of hydrogen-bond acceptors (Lipinski definition) is 5. The summed E-state index contributed by atoms with van der Waals surface area (Å²) in [5.74, 6) is 1.42. The van der Waals surface area contributed by atoms with Crippen molar-refractivity contribution in [3.63, 3.8) is 0 Å². The summed E-state index contributed by atoms with van der Waals surface area (Å²) >= 11 is 0. The van der Waals surface area contributed by atoms with E-state index in [1.54, 1.807) is 6.20 Å². The van der Waals surface area contributed by atoms with Crippen molar-refractivity contribution in [2.24, 2.45) is 0 Å². The van der Waals surface area contributed by atoms with Crippen molar-refractivity contribution in [1.82, 2.24) is 15.2 Å². The Morgan fingerprint density at radius 1 is 1.50 bits per heavy atom. The zero-order valence-electron chi connectivity index (χ0n) is 11.9. The van der Waals surface area contributed by atoms with E-state index in [0.717, 1.165) is 32.6 Å². The third-order valence-electron chi connectivity index (χ3n) is 3.11. The molecule has 1 amide bonds. The first kappa shape index (κ1) is 14.6. The molecule has 2 rings (SSSR count). The van der Waals surface area contributed by atoms with Crippen LogP contribution >= 0.6 is 0 Å². The maximum Gasteiger partial charge on any atom is 0.242 e.